The molecule has 0 bridgehead atoms. The number of fused-ring (bicyclic) bond motifs is 1. The van der Waals surface area contributed by atoms with E-state index in [1.807, 2.05) is 0 Å². The van der Waals surface area contributed by atoms with Gasteiger partial charge in [0, 0.05) is 6.04 Å². The molecule has 2 atom stereocenters. The van der Waals surface area contributed by atoms with Gasteiger partial charge in [-0.2, -0.15) is 0 Å². The van der Waals surface area contributed by atoms with Crippen molar-refractivity contribution >= 4 is 0 Å². The minimum Gasteiger partial charge on any atom is -0.372 e. The molecule has 0 aliphatic carbocycles. The fourth-order valence-electron chi connectivity index (χ4n) is 2.87. The number of ether oxygens (including phenoxy) is 1. The Morgan fingerprint density at radius 2 is 2.05 bits per heavy atom. The Labute approximate surface area is 117 Å². The molecule has 19 heavy (non-hydrogen) atoms. The predicted octanol–water partition coefficient (Wildman–Crippen LogP) is 3.71. The number of benzene rings is 1. The first-order valence-electron chi connectivity index (χ1n) is 7.47. The van der Waals surface area contributed by atoms with E-state index in [9.17, 15) is 0 Å². The third-order valence-corrected chi connectivity index (χ3v) is 3.88. The fourth-order valence-corrected chi connectivity index (χ4v) is 2.87. The van der Waals surface area contributed by atoms with Gasteiger partial charge >= 0.3 is 0 Å². The van der Waals surface area contributed by atoms with Gasteiger partial charge in [-0.25, -0.2) is 0 Å². The lowest BCUT2D eigenvalue weighted by molar-refractivity contribution is -0.0138. The molecule has 0 fully saturated rings. The highest BCUT2D eigenvalue weighted by Crippen LogP contribution is 2.36. The van der Waals surface area contributed by atoms with Crippen molar-refractivity contribution in [2.45, 2.75) is 52.7 Å². The van der Waals surface area contributed by atoms with E-state index in [0.717, 1.165) is 26.0 Å². The summed E-state index contributed by atoms with van der Waals surface area (Å²) in [6.07, 6.45) is 2.37. The van der Waals surface area contributed by atoms with Gasteiger partial charge in [-0.15, -0.1) is 0 Å². The van der Waals surface area contributed by atoms with E-state index >= 15 is 0 Å². The molecule has 1 N–H and O–H groups in total. The van der Waals surface area contributed by atoms with Gasteiger partial charge in [-0.1, -0.05) is 52.0 Å². The predicted molar refractivity (Wildman–Crippen MR) is 80.4 cm³/mol. The zero-order valence-electron chi connectivity index (χ0n) is 12.7. The quantitative estimate of drug-likeness (QED) is 0.892. The van der Waals surface area contributed by atoms with Crippen molar-refractivity contribution < 1.29 is 4.74 Å². The molecule has 1 aliphatic rings. The normalized spacial score (nSPS) is 20.9. The molecule has 2 rings (SSSR count). The van der Waals surface area contributed by atoms with Crippen LogP contribution in [0.15, 0.2) is 24.3 Å². The molecule has 1 aromatic rings. The molecule has 0 saturated carbocycles. The maximum Gasteiger partial charge on any atom is 0.0985 e. The van der Waals surface area contributed by atoms with Gasteiger partial charge in [0.15, 0.2) is 0 Å². The Bertz CT molecular complexity index is 408. The van der Waals surface area contributed by atoms with Crippen molar-refractivity contribution in [1.29, 1.82) is 0 Å². The summed E-state index contributed by atoms with van der Waals surface area (Å²) in [6, 6.07) is 9.08. The first kappa shape index (κ1) is 14.5. The minimum absolute atomic E-state index is 0.177. The maximum absolute atomic E-state index is 6.13. The molecule has 106 valence electrons. The van der Waals surface area contributed by atoms with E-state index < -0.39 is 0 Å². The van der Waals surface area contributed by atoms with Crippen LogP contribution in [0.25, 0.3) is 0 Å². The third kappa shape index (κ3) is 3.37. The second-order valence-corrected chi connectivity index (χ2v) is 6.54. The molecular weight excluding hydrogens is 234 g/mol. The van der Waals surface area contributed by atoms with E-state index in [4.69, 9.17) is 4.74 Å². The van der Waals surface area contributed by atoms with E-state index in [0.29, 0.717) is 6.04 Å². The van der Waals surface area contributed by atoms with Gasteiger partial charge in [-0.05, 0) is 35.9 Å². The van der Waals surface area contributed by atoms with Crippen LogP contribution < -0.4 is 5.32 Å². The van der Waals surface area contributed by atoms with Gasteiger partial charge in [-0.3, -0.25) is 0 Å². The highest BCUT2D eigenvalue weighted by atomic mass is 16.5. The molecule has 1 aliphatic heterocycles. The summed E-state index contributed by atoms with van der Waals surface area (Å²) < 4.78 is 6.13. The van der Waals surface area contributed by atoms with E-state index in [2.05, 4.69) is 57.3 Å². The van der Waals surface area contributed by atoms with Crippen molar-refractivity contribution in [3.63, 3.8) is 0 Å². The lowest BCUT2D eigenvalue weighted by atomic mass is 9.79. The van der Waals surface area contributed by atoms with E-state index in [-0.39, 0.29) is 11.5 Å². The van der Waals surface area contributed by atoms with E-state index in [1.165, 1.54) is 11.1 Å². The molecule has 2 nitrogen and oxygen atoms in total. The minimum atomic E-state index is 0.177. The fraction of sp³-hybridized carbons (Fsp3) is 0.647. The second kappa shape index (κ2) is 6.06. The third-order valence-electron chi connectivity index (χ3n) is 3.88. The van der Waals surface area contributed by atoms with Crippen LogP contribution >= 0.6 is 0 Å². The van der Waals surface area contributed by atoms with Crippen LogP contribution in [0.5, 0.6) is 0 Å². The largest absolute Gasteiger partial charge is 0.372 e. The van der Waals surface area contributed by atoms with Crippen LogP contribution in [0.3, 0.4) is 0 Å². The van der Waals surface area contributed by atoms with Crippen molar-refractivity contribution in [3.05, 3.63) is 35.4 Å². The summed E-state index contributed by atoms with van der Waals surface area (Å²) in [5.74, 6) is 0. The lowest BCUT2D eigenvalue weighted by Gasteiger charge is -2.40. The van der Waals surface area contributed by atoms with Crippen molar-refractivity contribution in [1.82, 2.24) is 5.32 Å². The molecular formula is C17H27NO. The van der Waals surface area contributed by atoms with Crippen LogP contribution in [-0.2, 0) is 11.2 Å². The van der Waals surface area contributed by atoms with Gasteiger partial charge in [0.05, 0.1) is 12.7 Å². The van der Waals surface area contributed by atoms with Gasteiger partial charge < -0.3 is 10.1 Å². The molecule has 0 aromatic heterocycles. The molecule has 0 radical (unpaired) electrons. The number of hydrogen-bond donors (Lipinski definition) is 1. The van der Waals surface area contributed by atoms with Crippen LogP contribution in [0, 0.1) is 5.41 Å². The van der Waals surface area contributed by atoms with Crippen LogP contribution in [0.4, 0.5) is 0 Å². The summed E-state index contributed by atoms with van der Waals surface area (Å²) in [5.41, 5.74) is 3.01. The molecule has 0 saturated heterocycles. The van der Waals surface area contributed by atoms with Crippen LogP contribution in [-0.4, -0.2) is 19.2 Å². The zero-order valence-corrected chi connectivity index (χ0v) is 12.7. The zero-order chi connectivity index (χ0) is 13.9. The first-order chi connectivity index (χ1) is 9.04. The van der Waals surface area contributed by atoms with E-state index in [1.54, 1.807) is 0 Å². The smallest absolute Gasteiger partial charge is 0.0985 e. The number of nitrogens with one attached hydrogen (secondary N) is 1. The Kier molecular flexibility index (Phi) is 4.64. The highest BCUT2D eigenvalue weighted by Gasteiger charge is 2.35. The summed E-state index contributed by atoms with van der Waals surface area (Å²) in [6.45, 7) is 11.0. The Morgan fingerprint density at radius 3 is 2.74 bits per heavy atom. The van der Waals surface area contributed by atoms with Crippen molar-refractivity contribution in [2.75, 3.05) is 13.2 Å². The lowest BCUT2D eigenvalue weighted by Crippen LogP contribution is -2.47. The molecule has 0 amide bonds. The molecule has 1 heterocycles. The summed E-state index contributed by atoms with van der Waals surface area (Å²) >= 11 is 0. The molecule has 0 spiro atoms. The van der Waals surface area contributed by atoms with Gasteiger partial charge in [0.1, 0.15) is 0 Å². The van der Waals surface area contributed by atoms with Crippen LogP contribution in [0.2, 0.25) is 0 Å². The topological polar surface area (TPSA) is 21.3 Å². The highest BCUT2D eigenvalue weighted by molar-refractivity contribution is 5.32. The number of hydrogen-bond acceptors (Lipinski definition) is 2. The molecule has 2 heteroatoms. The Balaban J connectivity index is 2.27. The molecule has 2 unspecified atom stereocenters. The van der Waals surface area contributed by atoms with Gasteiger partial charge in [0.2, 0.25) is 0 Å². The first-order valence-corrected chi connectivity index (χ1v) is 7.47. The Hall–Kier alpha value is -0.860. The van der Waals surface area contributed by atoms with Gasteiger partial charge in [0.25, 0.3) is 0 Å². The SMILES string of the molecule is CCCNC(C1OCCc2ccccc21)C(C)(C)C. The summed E-state index contributed by atoms with van der Waals surface area (Å²) in [4.78, 5) is 0. The van der Waals surface area contributed by atoms with Crippen molar-refractivity contribution in [3.8, 4) is 0 Å². The summed E-state index contributed by atoms with van der Waals surface area (Å²) in [5, 5.41) is 3.69. The van der Waals surface area contributed by atoms with Crippen LogP contribution in [0.1, 0.15) is 51.3 Å². The Morgan fingerprint density at radius 1 is 1.32 bits per heavy atom. The maximum atomic E-state index is 6.13. The monoisotopic (exact) mass is 261 g/mol. The molecule has 1 aromatic carbocycles. The average molecular weight is 261 g/mol. The van der Waals surface area contributed by atoms with Crippen molar-refractivity contribution in [2.24, 2.45) is 5.41 Å². The average Bonchev–Trinajstić information content (AvgIpc) is 2.38. The second-order valence-electron chi connectivity index (χ2n) is 6.54. The standard InChI is InChI=1S/C17H27NO/c1-5-11-18-16(17(2,3)4)15-14-9-7-6-8-13(14)10-12-19-15/h6-9,15-16,18H,5,10-12H2,1-4H3. The number of rotatable bonds is 4. The summed E-state index contributed by atoms with van der Waals surface area (Å²) in [7, 11) is 0.